The lowest BCUT2D eigenvalue weighted by Gasteiger charge is -2.52. The van der Waals surface area contributed by atoms with Crippen LogP contribution in [0, 0.1) is 23.7 Å². The number of hydrogen-bond acceptors (Lipinski definition) is 4. The highest BCUT2D eigenvalue weighted by Crippen LogP contribution is 2.62. The second-order valence-corrected chi connectivity index (χ2v) is 9.46. The second kappa shape index (κ2) is 7.00. The van der Waals surface area contributed by atoms with Crippen LogP contribution in [-0.2, 0) is 14.3 Å². The Morgan fingerprint density at radius 2 is 2.00 bits per heavy atom. The highest BCUT2D eigenvalue weighted by molar-refractivity contribution is 5.87. The number of benzene rings is 1. The number of aliphatic hydroxyl groups excluding tert-OH is 1. The van der Waals surface area contributed by atoms with E-state index in [0.29, 0.717) is 12.3 Å². The molecule has 0 amide bonds. The summed E-state index contributed by atoms with van der Waals surface area (Å²) in [5, 5.41) is 10.9. The molecule has 3 fully saturated rings. The molecular formula is C24H32O4. The summed E-state index contributed by atoms with van der Waals surface area (Å²) in [7, 11) is 0. The monoisotopic (exact) mass is 384 g/mol. The van der Waals surface area contributed by atoms with Crippen LogP contribution < -0.4 is 0 Å². The number of esters is 1. The summed E-state index contributed by atoms with van der Waals surface area (Å²) >= 11 is 0. The number of rotatable bonds is 4. The molecule has 1 aliphatic carbocycles. The van der Waals surface area contributed by atoms with E-state index in [0.717, 1.165) is 18.4 Å². The molecule has 7 unspecified atom stereocenters. The van der Waals surface area contributed by atoms with Crippen molar-refractivity contribution in [3.63, 3.8) is 0 Å². The van der Waals surface area contributed by atoms with E-state index in [9.17, 15) is 9.90 Å². The first-order valence-electron chi connectivity index (χ1n) is 10.6. The molecule has 1 aromatic carbocycles. The van der Waals surface area contributed by atoms with E-state index in [1.165, 1.54) is 6.08 Å². The first-order chi connectivity index (χ1) is 13.3. The van der Waals surface area contributed by atoms with Gasteiger partial charge in [-0.15, -0.1) is 0 Å². The van der Waals surface area contributed by atoms with Crippen LogP contribution in [-0.4, -0.2) is 34.5 Å². The standard InChI is InChI=1S/C24H32O4/c1-15(2)24-14-19(25)23(4,28-24)18-12-10-16(3)21(18)22(24)27-20(26)13-11-17-8-6-5-7-9-17/h5-9,11,13,15-16,18-19,21-22,25H,10,12,14H2,1-4H3. The van der Waals surface area contributed by atoms with Crippen molar-refractivity contribution in [2.45, 2.75) is 70.4 Å². The van der Waals surface area contributed by atoms with Crippen LogP contribution in [0.25, 0.3) is 6.08 Å². The molecule has 2 heterocycles. The van der Waals surface area contributed by atoms with Gasteiger partial charge < -0.3 is 14.6 Å². The first kappa shape index (κ1) is 19.7. The molecule has 1 N–H and O–H groups in total. The molecule has 1 saturated carbocycles. The molecule has 7 atom stereocenters. The summed E-state index contributed by atoms with van der Waals surface area (Å²) in [6, 6.07) is 9.75. The maximum Gasteiger partial charge on any atom is 0.331 e. The van der Waals surface area contributed by atoms with Gasteiger partial charge in [0.05, 0.1) is 11.7 Å². The minimum absolute atomic E-state index is 0.147. The van der Waals surface area contributed by atoms with Gasteiger partial charge in [-0.1, -0.05) is 51.1 Å². The van der Waals surface area contributed by atoms with E-state index < -0.39 is 17.3 Å². The van der Waals surface area contributed by atoms with Crippen LogP contribution >= 0.6 is 0 Å². The fraction of sp³-hybridized carbons (Fsp3) is 0.625. The minimum Gasteiger partial charge on any atom is -0.456 e. The number of carbonyl (C=O) groups is 1. The zero-order valence-corrected chi connectivity index (χ0v) is 17.3. The van der Waals surface area contributed by atoms with Crippen molar-refractivity contribution in [3.8, 4) is 0 Å². The van der Waals surface area contributed by atoms with Gasteiger partial charge in [0.2, 0.25) is 0 Å². The zero-order valence-electron chi connectivity index (χ0n) is 17.3. The van der Waals surface area contributed by atoms with Gasteiger partial charge in [0.1, 0.15) is 11.7 Å². The van der Waals surface area contributed by atoms with Crippen molar-refractivity contribution < 1.29 is 19.4 Å². The van der Waals surface area contributed by atoms with Gasteiger partial charge in [0.15, 0.2) is 0 Å². The van der Waals surface area contributed by atoms with E-state index in [4.69, 9.17) is 9.47 Å². The Labute approximate surface area is 167 Å². The SMILES string of the molecule is CC1CCC2C1C(OC(=O)C=Cc1ccccc1)C1(C(C)C)CC(O)C2(C)O1. The topological polar surface area (TPSA) is 55.8 Å². The molecule has 4 heteroatoms. The van der Waals surface area contributed by atoms with Crippen LogP contribution in [0.1, 0.15) is 52.5 Å². The van der Waals surface area contributed by atoms with Crippen LogP contribution in [0.2, 0.25) is 0 Å². The highest BCUT2D eigenvalue weighted by Gasteiger charge is 2.70. The molecule has 0 spiro atoms. The summed E-state index contributed by atoms with van der Waals surface area (Å²) < 4.78 is 12.8. The Balaban J connectivity index is 1.63. The van der Waals surface area contributed by atoms with Crippen LogP contribution in [0.15, 0.2) is 36.4 Å². The molecule has 2 aliphatic heterocycles. The van der Waals surface area contributed by atoms with Crippen molar-refractivity contribution >= 4 is 12.0 Å². The third kappa shape index (κ3) is 2.93. The summed E-state index contributed by atoms with van der Waals surface area (Å²) in [6.45, 7) is 8.53. The van der Waals surface area contributed by atoms with Crippen molar-refractivity contribution in [1.82, 2.24) is 0 Å². The number of aliphatic hydroxyl groups is 1. The van der Waals surface area contributed by atoms with Crippen LogP contribution in [0.5, 0.6) is 0 Å². The third-order valence-electron chi connectivity index (χ3n) is 7.64. The highest BCUT2D eigenvalue weighted by atomic mass is 16.6. The lowest BCUT2D eigenvalue weighted by Crippen LogP contribution is -2.62. The molecule has 1 aromatic rings. The Morgan fingerprint density at radius 1 is 1.29 bits per heavy atom. The molecule has 0 aromatic heterocycles. The Kier molecular flexibility index (Phi) is 4.91. The molecule has 2 bridgehead atoms. The summed E-state index contributed by atoms with van der Waals surface area (Å²) in [5.41, 5.74) is -0.193. The Hall–Kier alpha value is -1.65. The lowest BCUT2D eigenvalue weighted by atomic mass is 9.69. The lowest BCUT2D eigenvalue weighted by molar-refractivity contribution is -0.263. The first-order valence-corrected chi connectivity index (χ1v) is 10.6. The molecule has 2 saturated heterocycles. The van der Waals surface area contributed by atoms with Gasteiger partial charge >= 0.3 is 5.97 Å². The fourth-order valence-electron chi connectivity index (χ4n) is 6.00. The molecule has 4 rings (SSSR count). The van der Waals surface area contributed by atoms with Crippen LogP contribution in [0.4, 0.5) is 0 Å². The quantitative estimate of drug-likeness (QED) is 0.624. The predicted molar refractivity (Wildman–Crippen MR) is 108 cm³/mol. The molecular weight excluding hydrogens is 352 g/mol. The fourth-order valence-corrected chi connectivity index (χ4v) is 6.00. The average Bonchev–Trinajstić information content (AvgIpc) is 3.16. The largest absolute Gasteiger partial charge is 0.456 e. The van der Waals surface area contributed by atoms with Crippen molar-refractivity contribution in [2.75, 3.05) is 0 Å². The van der Waals surface area contributed by atoms with E-state index in [2.05, 4.69) is 27.7 Å². The van der Waals surface area contributed by atoms with Crippen molar-refractivity contribution in [3.05, 3.63) is 42.0 Å². The number of fused-ring (bicyclic) bond motifs is 4. The van der Waals surface area contributed by atoms with Crippen LogP contribution in [0.3, 0.4) is 0 Å². The number of carbonyl (C=O) groups excluding carboxylic acids is 1. The Bertz CT molecular complexity index is 757. The van der Waals surface area contributed by atoms with Gasteiger partial charge in [-0.3, -0.25) is 0 Å². The number of ether oxygens (including phenoxy) is 2. The Morgan fingerprint density at radius 3 is 2.68 bits per heavy atom. The van der Waals surface area contributed by atoms with Gasteiger partial charge in [-0.05, 0) is 49.2 Å². The molecule has 0 radical (unpaired) electrons. The molecule has 152 valence electrons. The van der Waals surface area contributed by atoms with Gasteiger partial charge in [-0.2, -0.15) is 0 Å². The zero-order chi connectivity index (χ0) is 20.1. The van der Waals surface area contributed by atoms with Crippen molar-refractivity contribution in [1.29, 1.82) is 0 Å². The number of hydrogen-bond donors (Lipinski definition) is 1. The van der Waals surface area contributed by atoms with E-state index in [1.807, 2.05) is 30.3 Å². The van der Waals surface area contributed by atoms with Gasteiger partial charge in [0, 0.05) is 18.4 Å². The normalized spacial score (nSPS) is 42.1. The van der Waals surface area contributed by atoms with E-state index in [-0.39, 0.29) is 29.8 Å². The second-order valence-electron chi connectivity index (χ2n) is 9.46. The maximum atomic E-state index is 12.8. The molecule has 3 aliphatic rings. The van der Waals surface area contributed by atoms with Crippen molar-refractivity contribution in [2.24, 2.45) is 23.7 Å². The summed E-state index contributed by atoms with van der Waals surface area (Å²) in [6.07, 6.45) is 5.09. The average molecular weight is 385 g/mol. The third-order valence-corrected chi connectivity index (χ3v) is 7.64. The van der Waals surface area contributed by atoms with E-state index >= 15 is 0 Å². The molecule has 4 nitrogen and oxygen atoms in total. The van der Waals surface area contributed by atoms with E-state index in [1.54, 1.807) is 6.08 Å². The molecule has 28 heavy (non-hydrogen) atoms. The maximum absolute atomic E-state index is 12.8. The minimum atomic E-state index is -0.621. The van der Waals surface area contributed by atoms with Gasteiger partial charge in [0.25, 0.3) is 0 Å². The predicted octanol–water partition coefficient (Wildman–Crippen LogP) is 4.22. The summed E-state index contributed by atoms with van der Waals surface area (Å²) in [4.78, 5) is 12.8. The van der Waals surface area contributed by atoms with Gasteiger partial charge in [-0.25, -0.2) is 4.79 Å². The summed E-state index contributed by atoms with van der Waals surface area (Å²) in [5.74, 6) is 0.719. The smallest absolute Gasteiger partial charge is 0.331 e.